The molecular formula is C8H19O2PS2. The molecule has 0 N–H and O–H groups in total. The third-order valence-electron chi connectivity index (χ3n) is 1.46. The molecule has 0 aromatic heterocycles. The van der Waals surface area contributed by atoms with Gasteiger partial charge < -0.3 is 9.05 Å². The normalized spacial score (nSPS) is 11.1. The number of unbranched alkanes of at least 4 members (excludes halogenated alkanes) is 2. The van der Waals surface area contributed by atoms with Crippen molar-refractivity contribution < 1.29 is 9.05 Å². The van der Waals surface area contributed by atoms with Crippen LogP contribution in [0.25, 0.3) is 0 Å². The molecule has 5 heteroatoms. The van der Waals surface area contributed by atoms with E-state index in [-0.39, 0.29) is 0 Å². The van der Waals surface area contributed by atoms with Crippen LogP contribution in [0.15, 0.2) is 0 Å². The van der Waals surface area contributed by atoms with Crippen molar-refractivity contribution in [2.24, 2.45) is 0 Å². The average molecular weight is 242 g/mol. The smallest absolute Gasteiger partial charge is 0.249 e. The molecule has 0 fully saturated rings. The minimum atomic E-state index is -0.801. The summed E-state index contributed by atoms with van der Waals surface area (Å²) in [6.45, 7) is 5.89. The molecule has 0 aliphatic carbocycles. The monoisotopic (exact) mass is 242 g/mol. The standard InChI is InChI=1S/C8H19O2PS2/c1-3-5-7-9-11(13-12)10-8-6-4-2/h12H,3-8H2,1-2H3. The summed E-state index contributed by atoms with van der Waals surface area (Å²) in [5.74, 6) is 0. The second kappa shape index (κ2) is 11.1. The molecule has 0 aliphatic rings. The summed E-state index contributed by atoms with van der Waals surface area (Å²) >= 11 is 4.12. The summed E-state index contributed by atoms with van der Waals surface area (Å²) < 4.78 is 11.0. The molecule has 0 heterocycles. The summed E-state index contributed by atoms with van der Waals surface area (Å²) in [7, 11) is 0.585. The molecular weight excluding hydrogens is 223 g/mol. The largest absolute Gasteiger partial charge is 0.325 e. The van der Waals surface area contributed by atoms with Crippen LogP contribution in [0, 0.1) is 0 Å². The van der Waals surface area contributed by atoms with Gasteiger partial charge in [-0.2, -0.15) is 0 Å². The van der Waals surface area contributed by atoms with Gasteiger partial charge in [0, 0.05) is 0 Å². The molecule has 0 aliphatic heterocycles. The minimum absolute atomic E-state index is 0.794. The van der Waals surface area contributed by atoms with Crippen LogP contribution in [0.2, 0.25) is 0 Å². The summed E-state index contributed by atoms with van der Waals surface area (Å²) in [6.07, 6.45) is 4.53. The van der Waals surface area contributed by atoms with Crippen LogP contribution in [0.3, 0.4) is 0 Å². The van der Waals surface area contributed by atoms with E-state index >= 15 is 0 Å². The highest BCUT2D eigenvalue weighted by atomic mass is 33.3. The van der Waals surface area contributed by atoms with Gasteiger partial charge in [-0.25, -0.2) is 0 Å². The van der Waals surface area contributed by atoms with Gasteiger partial charge >= 0.3 is 0 Å². The molecule has 0 radical (unpaired) electrons. The van der Waals surface area contributed by atoms with Crippen LogP contribution in [0.1, 0.15) is 39.5 Å². The van der Waals surface area contributed by atoms with E-state index in [0.29, 0.717) is 0 Å². The van der Waals surface area contributed by atoms with Gasteiger partial charge in [0.2, 0.25) is 7.58 Å². The Morgan fingerprint density at radius 1 is 1.08 bits per heavy atom. The fourth-order valence-electron chi connectivity index (χ4n) is 0.651. The van der Waals surface area contributed by atoms with Crippen LogP contribution in [-0.2, 0) is 9.05 Å². The highest BCUT2D eigenvalue weighted by Crippen LogP contribution is 2.54. The maximum Gasteiger partial charge on any atom is 0.249 e. The van der Waals surface area contributed by atoms with Crippen molar-refractivity contribution in [2.45, 2.75) is 39.5 Å². The fourth-order valence-corrected chi connectivity index (χ4v) is 2.95. The van der Waals surface area contributed by atoms with Crippen molar-refractivity contribution in [3.05, 3.63) is 0 Å². The molecule has 2 nitrogen and oxygen atoms in total. The lowest BCUT2D eigenvalue weighted by Crippen LogP contribution is -1.92. The molecule has 0 amide bonds. The summed E-state index contributed by atoms with van der Waals surface area (Å²) in [6, 6.07) is 0. The van der Waals surface area contributed by atoms with Gasteiger partial charge in [-0.05, 0) is 23.3 Å². The zero-order valence-electron chi connectivity index (χ0n) is 8.36. The third-order valence-corrected chi connectivity index (χ3v) is 4.61. The average Bonchev–Trinajstić information content (AvgIpc) is 2.16. The molecule has 80 valence electrons. The van der Waals surface area contributed by atoms with Gasteiger partial charge in [-0.15, -0.1) is 11.7 Å². The molecule has 0 aromatic rings. The Labute approximate surface area is 91.6 Å². The lowest BCUT2D eigenvalue weighted by atomic mass is 10.4. The fraction of sp³-hybridized carbons (Fsp3) is 1.00. The zero-order valence-corrected chi connectivity index (χ0v) is 11.0. The summed E-state index contributed by atoms with van der Waals surface area (Å²) in [5.41, 5.74) is 0. The van der Waals surface area contributed by atoms with E-state index in [1.807, 2.05) is 0 Å². The Balaban J connectivity index is 3.28. The maximum absolute atomic E-state index is 5.51. The number of hydrogen-bond donors (Lipinski definition) is 1. The SMILES string of the molecule is CCCCOP(OCCCC)SS. The van der Waals surface area contributed by atoms with Crippen LogP contribution in [0.4, 0.5) is 0 Å². The van der Waals surface area contributed by atoms with E-state index in [9.17, 15) is 0 Å². The highest BCUT2D eigenvalue weighted by Gasteiger charge is 2.08. The van der Waals surface area contributed by atoms with Gasteiger partial charge in [-0.3, -0.25) is 0 Å². The first-order chi connectivity index (χ1) is 6.35. The Kier molecular flexibility index (Phi) is 12.0. The summed E-state index contributed by atoms with van der Waals surface area (Å²) in [4.78, 5) is 0. The van der Waals surface area contributed by atoms with Crippen molar-refractivity contribution in [3.8, 4) is 0 Å². The maximum atomic E-state index is 5.51. The van der Waals surface area contributed by atoms with Gasteiger partial charge in [0.15, 0.2) is 0 Å². The molecule has 0 saturated heterocycles. The molecule has 13 heavy (non-hydrogen) atoms. The topological polar surface area (TPSA) is 18.5 Å². The molecule has 0 unspecified atom stereocenters. The first kappa shape index (κ1) is 14.1. The van der Waals surface area contributed by atoms with Crippen LogP contribution >= 0.6 is 29.7 Å². The molecule has 0 bridgehead atoms. The van der Waals surface area contributed by atoms with Crippen molar-refractivity contribution >= 4 is 29.7 Å². The van der Waals surface area contributed by atoms with Gasteiger partial charge in [0.05, 0.1) is 13.2 Å². The molecule has 0 spiro atoms. The third kappa shape index (κ3) is 9.36. The number of hydrogen-bond acceptors (Lipinski definition) is 4. The summed E-state index contributed by atoms with van der Waals surface area (Å²) in [5, 5.41) is 0. The van der Waals surface area contributed by atoms with Gasteiger partial charge in [-0.1, -0.05) is 26.7 Å². The zero-order chi connectivity index (χ0) is 9.94. The number of rotatable bonds is 9. The Bertz CT molecular complexity index is 96.1. The van der Waals surface area contributed by atoms with E-state index in [2.05, 4.69) is 25.5 Å². The van der Waals surface area contributed by atoms with Crippen LogP contribution in [0.5, 0.6) is 0 Å². The first-order valence-corrected chi connectivity index (χ1v) is 8.37. The van der Waals surface area contributed by atoms with E-state index in [4.69, 9.17) is 9.05 Å². The molecule has 0 aromatic carbocycles. The second-order valence-electron chi connectivity index (χ2n) is 2.68. The van der Waals surface area contributed by atoms with Crippen molar-refractivity contribution in [2.75, 3.05) is 13.2 Å². The second-order valence-corrected chi connectivity index (χ2v) is 6.66. The van der Waals surface area contributed by atoms with E-state index < -0.39 is 7.58 Å². The van der Waals surface area contributed by atoms with E-state index in [1.54, 1.807) is 0 Å². The number of thiol groups is 1. The highest BCUT2D eigenvalue weighted by molar-refractivity contribution is 8.92. The Morgan fingerprint density at radius 2 is 1.54 bits per heavy atom. The van der Waals surface area contributed by atoms with Crippen LogP contribution in [-0.4, -0.2) is 13.2 Å². The predicted molar refractivity (Wildman–Crippen MR) is 65.2 cm³/mol. The minimum Gasteiger partial charge on any atom is -0.325 e. The lowest BCUT2D eigenvalue weighted by Gasteiger charge is -2.13. The van der Waals surface area contributed by atoms with Crippen molar-refractivity contribution in [1.29, 1.82) is 0 Å². The van der Waals surface area contributed by atoms with Crippen LogP contribution < -0.4 is 0 Å². The molecule has 0 saturated carbocycles. The predicted octanol–water partition coefficient (Wildman–Crippen LogP) is 4.42. The first-order valence-electron chi connectivity index (χ1n) is 4.72. The molecule has 0 rings (SSSR count). The molecule has 0 atom stereocenters. The van der Waals surface area contributed by atoms with E-state index in [0.717, 1.165) is 38.9 Å². The van der Waals surface area contributed by atoms with Crippen molar-refractivity contribution in [3.63, 3.8) is 0 Å². The van der Waals surface area contributed by atoms with Gasteiger partial charge in [0.25, 0.3) is 0 Å². The van der Waals surface area contributed by atoms with Gasteiger partial charge in [0.1, 0.15) is 0 Å². The Morgan fingerprint density at radius 3 is 1.85 bits per heavy atom. The quantitative estimate of drug-likeness (QED) is 0.279. The van der Waals surface area contributed by atoms with Crippen molar-refractivity contribution in [1.82, 2.24) is 0 Å². The lowest BCUT2D eigenvalue weighted by molar-refractivity contribution is 0.255. The van der Waals surface area contributed by atoms with E-state index in [1.165, 1.54) is 10.4 Å². The Hall–Kier alpha value is 1.05.